The van der Waals surface area contributed by atoms with Crippen LogP contribution < -0.4 is 15.0 Å². The number of nitrogens with zero attached hydrogens (tertiary/aromatic N) is 3. The lowest BCUT2D eigenvalue weighted by Gasteiger charge is -2.33. The number of aryl methyl sites for hydroxylation is 3. The second-order valence-corrected chi connectivity index (χ2v) is 7.91. The van der Waals surface area contributed by atoms with Crippen LogP contribution in [0.25, 0.3) is 11.1 Å². The summed E-state index contributed by atoms with van der Waals surface area (Å²) in [4.78, 5) is 24.3. The quantitative estimate of drug-likeness (QED) is 0.694. The molecule has 0 aliphatic carbocycles. The van der Waals surface area contributed by atoms with E-state index in [4.69, 9.17) is 14.1 Å². The van der Waals surface area contributed by atoms with Gasteiger partial charge < -0.3 is 19.4 Å². The second-order valence-electron chi connectivity index (χ2n) is 7.91. The molecule has 4 rings (SSSR count). The van der Waals surface area contributed by atoms with Gasteiger partial charge in [0.1, 0.15) is 23.2 Å². The SMILES string of the molecule is COc1cccc(CNC(=O)C2CCCN(c3nc(C)nc4oc(C)c(C)c34)C2)c1. The number of carbonyl (C=O) groups is 1. The van der Waals surface area contributed by atoms with Crippen LogP contribution in [0, 0.1) is 26.7 Å². The van der Waals surface area contributed by atoms with Gasteiger partial charge in [0.2, 0.25) is 11.6 Å². The zero-order chi connectivity index (χ0) is 21.3. The van der Waals surface area contributed by atoms with Crippen molar-refractivity contribution in [2.24, 2.45) is 5.92 Å². The molecule has 30 heavy (non-hydrogen) atoms. The number of fused-ring (bicyclic) bond motifs is 1. The van der Waals surface area contributed by atoms with E-state index in [1.165, 1.54) is 0 Å². The number of amides is 1. The average molecular weight is 409 g/mol. The lowest BCUT2D eigenvalue weighted by atomic mass is 9.96. The Bertz CT molecular complexity index is 1080. The Hall–Kier alpha value is -3.09. The number of furan rings is 1. The lowest BCUT2D eigenvalue weighted by Crippen LogP contribution is -2.43. The molecule has 1 unspecified atom stereocenters. The van der Waals surface area contributed by atoms with Gasteiger partial charge in [0, 0.05) is 25.2 Å². The highest BCUT2D eigenvalue weighted by atomic mass is 16.5. The van der Waals surface area contributed by atoms with Gasteiger partial charge in [-0.3, -0.25) is 4.79 Å². The average Bonchev–Trinajstić information content (AvgIpc) is 3.04. The highest BCUT2D eigenvalue weighted by Gasteiger charge is 2.29. The highest BCUT2D eigenvalue weighted by Crippen LogP contribution is 2.33. The van der Waals surface area contributed by atoms with Crippen molar-refractivity contribution in [1.82, 2.24) is 15.3 Å². The van der Waals surface area contributed by atoms with E-state index in [1.54, 1.807) is 7.11 Å². The molecule has 1 fully saturated rings. The van der Waals surface area contributed by atoms with Crippen molar-refractivity contribution in [3.05, 3.63) is 47.0 Å². The number of anilines is 1. The third kappa shape index (κ3) is 3.97. The molecular formula is C23H28N4O3. The highest BCUT2D eigenvalue weighted by molar-refractivity contribution is 5.90. The Morgan fingerprint density at radius 1 is 1.30 bits per heavy atom. The summed E-state index contributed by atoms with van der Waals surface area (Å²) in [6, 6.07) is 7.76. The number of carbonyl (C=O) groups excluding carboxylic acids is 1. The molecule has 7 nitrogen and oxygen atoms in total. The molecule has 1 saturated heterocycles. The van der Waals surface area contributed by atoms with Crippen LogP contribution >= 0.6 is 0 Å². The van der Waals surface area contributed by atoms with Crippen molar-refractivity contribution in [1.29, 1.82) is 0 Å². The summed E-state index contributed by atoms with van der Waals surface area (Å²) in [6.07, 6.45) is 1.81. The van der Waals surface area contributed by atoms with E-state index < -0.39 is 0 Å². The normalized spacial score (nSPS) is 16.7. The van der Waals surface area contributed by atoms with Crippen LogP contribution in [-0.4, -0.2) is 36.1 Å². The maximum absolute atomic E-state index is 12.9. The molecule has 3 heterocycles. The van der Waals surface area contributed by atoms with E-state index in [9.17, 15) is 4.79 Å². The molecule has 1 aliphatic rings. The molecule has 0 saturated carbocycles. The summed E-state index contributed by atoms with van der Waals surface area (Å²) in [6.45, 7) is 7.85. The monoisotopic (exact) mass is 408 g/mol. The Morgan fingerprint density at radius 3 is 2.93 bits per heavy atom. The molecule has 0 radical (unpaired) electrons. The Kier molecular flexibility index (Phi) is 5.61. The molecule has 0 spiro atoms. The molecule has 158 valence electrons. The first-order valence-electron chi connectivity index (χ1n) is 10.4. The Morgan fingerprint density at radius 2 is 2.13 bits per heavy atom. The predicted molar refractivity (Wildman–Crippen MR) is 116 cm³/mol. The topological polar surface area (TPSA) is 80.5 Å². The van der Waals surface area contributed by atoms with Crippen molar-refractivity contribution >= 4 is 22.8 Å². The standard InChI is InChI=1S/C23H28N4O3/c1-14-15(2)30-23-20(14)21(25-16(3)26-23)27-10-6-8-18(13-27)22(28)24-12-17-7-5-9-19(11-17)29-4/h5,7,9,11,18H,6,8,10,12-13H2,1-4H3,(H,24,28). The van der Waals surface area contributed by atoms with Crippen LogP contribution in [0.4, 0.5) is 5.82 Å². The van der Waals surface area contributed by atoms with Crippen molar-refractivity contribution < 1.29 is 13.9 Å². The van der Waals surface area contributed by atoms with Gasteiger partial charge in [-0.15, -0.1) is 0 Å². The number of methoxy groups -OCH3 is 1. The van der Waals surface area contributed by atoms with Gasteiger partial charge in [-0.05, 0) is 51.3 Å². The molecule has 1 aliphatic heterocycles. The van der Waals surface area contributed by atoms with Gasteiger partial charge in [0.15, 0.2) is 0 Å². The van der Waals surface area contributed by atoms with Crippen LogP contribution in [0.5, 0.6) is 5.75 Å². The van der Waals surface area contributed by atoms with E-state index in [2.05, 4.69) is 15.2 Å². The largest absolute Gasteiger partial charge is 0.497 e. The second kappa shape index (κ2) is 8.34. The molecule has 3 aromatic rings. The first-order chi connectivity index (χ1) is 14.5. The minimum atomic E-state index is -0.0806. The van der Waals surface area contributed by atoms with E-state index in [0.29, 0.717) is 24.6 Å². The summed E-state index contributed by atoms with van der Waals surface area (Å²) < 4.78 is 11.1. The number of aromatic nitrogens is 2. The van der Waals surface area contributed by atoms with Gasteiger partial charge in [0.25, 0.3) is 0 Å². The zero-order valence-electron chi connectivity index (χ0n) is 18.0. The van der Waals surface area contributed by atoms with Gasteiger partial charge >= 0.3 is 0 Å². The minimum Gasteiger partial charge on any atom is -0.497 e. The number of piperidine rings is 1. The van der Waals surface area contributed by atoms with Gasteiger partial charge in [-0.25, -0.2) is 4.98 Å². The summed E-state index contributed by atoms with van der Waals surface area (Å²) in [5.74, 6) is 3.19. The first kappa shape index (κ1) is 20.2. The van der Waals surface area contributed by atoms with E-state index in [-0.39, 0.29) is 11.8 Å². The number of ether oxygens (including phenoxy) is 1. The molecule has 7 heteroatoms. The Labute approximate surface area is 176 Å². The van der Waals surface area contributed by atoms with Gasteiger partial charge in [-0.1, -0.05) is 12.1 Å². The fraction of sp³-hybridized carbons (Fsp3) is 0.435. The number of hydrogen-bond donors (Lipinski definition) is 1. The maximum atomic E-state index is 12.9. The fourth-order valence-electron chi connectivity index (χ4n) is 4.06. The van der Waals surface area contributed by atoms with Crippen LogP contribution in [0.1, 0.15) is 35.6 Å². The number of hydrogen-bond acceptors (Lipinski definition) is 6. The first-order valence-corrected chi connectivity index (χ1v) is 10.4. The lowest BCUT2D eigenvalue weighted by molar-refractivity contribution is -0.125. The predicted octanol–water partition coefficient (Wildman–Crippen LogP) is 3.69. The van der Waals surface area contributed by atoms with Crippen LogP contribution in [0.2, 0.25) is 0 Å². The van der Waals surface area contributed by atoms with E-state index in [1.807, 2.05) is 45.0 Å². The number of rotatable bonds is 5. The smallest absolute Gasteiger partial charge is 0.231 e. The van der Waals surface area contributed by atoms with Crippen LogP contribution in [0.3, 0.4) is 0 Å². The molecule has 1 aromatic carbocycles. The van der Waals surface area contributed by atoms with E-state index >= 15 is 0 Å². The van der Waals surface area contributed by atoms with E-state index in [0.717, 1.165) is 53.2 Å². The summed E-state index contributed by atoms with van der Waals surface area (Å²) in [7, 11) is 1.64. The molecule has 1 N–H and O–H groups in total. The molecule has 2 aromatic heterocycles. The van der Waals surface area contributed by atoms with Crippen LogP contribution in [0.15, 0.2) is 28.7 Å². The van der Waals surface area contributed by atoms with Crippen molar-refractivity contribution in [2.75, 3.05) is 25.1 Å². The molecular weight excluding hydrogens is 380 g/mol. The van der Waals surface area contributed by atoms with Gasteiger partial charge in [0.05, 0.1) is 18.4 Å². The Balaban J connectivity index is 1.49. The number of nitrogens with one attached hydrogen (secondary N) is 1. The van der Waals surface area contributed by atoms with Gasteiger partial charge in [-0.2, -0.15) is 4.98 Å². The third-order valence-corrected chi connectivity index (χ3v) is 5.81. The zero-order valence-corrected chi connectivity index (χ0v) is 18.0. The van der Waals surface area contributed by atoms with Crippen molar-refractivity contribution in [3.63, 3.8) is 0 Å². The summed E-state index contributed by atoms with van der Waals surface area (Å²) in [5.41, 5.74) is 2.70. The molecule has 1 amide bonds. The number of benzene rings is 1. The minimum absolute atomic E-state index is 0.0737. The maximum Gasteiger partial charge on any atom is 0.231 e. The van der Waals surface area contributed by atoms with Crippen molar-refractivity contribution in [2.45, 2.75) is 40.2 Å². The molecule has 1 atom stereocenters. The van der Waals surface area contributed by atoms with Crippen molar-refractivity contribution in [3.8, 4) is 5.75 Å². The summed E-state index contributed by atoms with van der Waals surface area (Å²) >= 11 is 0. The molecule has 0 bridgehead atoms. The summed E-state index contributed by atoms with van der Waals surface area (Å²) in [5, 5.41) is 4.04. The van der Waals surface area contributed by atoms with Crippen LogP contribution in [-0.2, 0) is 11.3 Å². The third-order valence-electron chi connectivity index (χ3n) is 5.81. The fourth-order valence-corrected chi connectivity index (χ4v) is 4.06.